The van der Waals surface area contributed by atoms with E-state index in [1.54, 1.807) is 24.3 Å². The fourth-order valence-electron chi connectivity index (χ4n) is 2.58. The summed E-state index contributed by atoms with van der Waals surface area (Å²) in [6.45, 7) is 0.595. The zero-order valence-electron chi connectivity index (χ0n) is 11.1. The van der Waals surface area contributed by atoms with Gasteiger partial charge in [0.05, 0.1) is 5.92 Å². The Balaban J connectivity index is 1.79. The van der Waals surface area contributed by atoms with Gasteiger partial charge in [-0.25, -0.2) is 0 Å². The van der Waals surface area contributed by atoms with E-state index in [4.69, 9.17) is 16.7 Å². The van der Waals surface area contributed by atoms with Crippen LogP contribution >= 0.6 is 11.6 Å². The van der Waals surface area contributed by atoms with E-state index in [9.17, 15) is 9.59 Å². The third-order valence-electron chi connectivity index (χ3n) is 3.83. The molecule has 1 aromatic carbocycles. The van der Waals surface area contributed by atoms with E-state index in [1.807, 2.05) is 0 Å². The van der Waals surface area contributed by atoms with Gasteiger partial charge in [0.2, 0.25) is 0 Å². The van der Waals surface area contributed by atoms with Gasteiger partial charge in [0, 0.05) is 17.1 Å². The van der Waals surface area contributed by atoms with Gasteiger partial charge in [-0.05, 0) is 49.8 Å². The average molecular weight is 296 g/mol. The second-order valence-corrected chi connectivity index (χ2v) is 5.71. The van der Waals surface area contributed by atoms with Crippen molar-refractivity contribution in [3.8, 4) is 0 Å². The normalized spacial score (nSPS) is 22.2. The van der Waals surface area contributed by atoms with Gasteiger partial charge in [0.15, 0.2) is 0 Å². The number of nitrogens with one attached hydrogen (secondary N) is 1. The number of hydrogen-bond donors (Lipinski definition) is 2. The SMILES string of the molecule is O=C(NCC1CCC(C(=O)O)CC1)c1cccc(Cl)c1. The van der Waals surface area contributed by atoms with Crippen molar-refractivity contribution in [3.63, 3.8) is 0 Å². The summed E-state index contributed by atoms with van der Waals surface area (Å²) >= 11 is 5.85. The maximum atomic E-state index is 11.9. The lowest BCUT2D eigenvalue weighted by atomic mass is 9.82. The van der Waals surface area contributed by atoms with E-state index in [0.29, 0.717) is 35.9 Å². The molecule has 4 nitrogen and oxygen atoms in total. The molecule has 1 aliphatic carbocycles. The molecule has 1 fully saturated rings. The third kappa shape index (κ3) is 3.97. The van der Waals surface area contributed by atoms with E-state index in [2.05, 4.69) is 5.32 Å². The number of carboxylic acids is 1. The number of amides is 1. The predicted octanol–water partition coefficient (Wildman–Crippen LogP) is 2.96. The molecule has 1 amide bonds. The van der Waals surface area contributed by atoms with E-state index in [1.165, 1.54) is 0 Å². The van der Waals surface area contributed by atoms with E-state index in [0.717, 1.165) is 12.8 Å². The first-order valence-electron chi connectivity index (χ1n) is 6.83. The van der Waals surface area contributed by atoms with Crippen LogP contribution in [0.3, 0.4) is 0 Å². The number of carbonyl (C=O) groups is 2. The Labute approximate surface area is 123 Å². The number of benzene rings is 1. The molecule has 5 heteroatoms. The second-order valence-electron chi connectivity index (χ2n) is 5.28. The fraction of sp³-hybridized carbons (Fsp3) is 0.467. The monoisotopic (exact) mass is 295 g/mol. The van der Waals surface area contributed by atoms with Crippen molar-refractivity contribution < 1.29 is 14.7 Å². The molecule has 1 saturated carbocycles. The first kappa shape index (κ1) is 14.9. The Morgan fingerprint density at radius 1 is 1.25 bits per heavy atom. The zero-order chi connectivity index (χ0) is 14.5. The summed E-state index contributed by atoms with van der Waals surface area (Å²) in [4.78, 5) is 22.8. The fourth-order valence-corrected chi connectivity index (χ4v) is 2.77. The van der Waals surface area contributed by atoms with Crippen LogP contribution in [0.5, 0.6) is 0 Å². The van der Waals surface area contributed by atoms with Crippen molar-refractivity contribution >= 4 is 23.5 Å². The van der Waals surface area contributed by atoms with Gasteiger partial charge in [-0.3, -0.25) is 9.59 Å². The minimum absolute atomic E-state index is 0.132. The van der Waals surface area contributed by atoms with Gasteiger partial charge in [-0.1, -0.05) is 17.7 Å². The number of rotatable bonds is 4. The summed E-state index contributed by atoms with van der Waals surface area (Å²) in [5, 5.41) is 12.4. The highest BCUT2D eigenvalue weighted by atomic mass is 35.5. The average Bonchev–Trinajstić information content (AvgIpc) is 2.45. The Morgan fingerprint density at radius 3 is 2.55 bits per heavy atom. The number of hydrogen-bond acceptors (Lipinski definition) is 2. The van der Waals surface area contributed by atoms with Crippen molar-refractivity contribution in [1.29, 1.82) is 0 Å². The van der Waals surface area contributed by atoms with Gasteiger partial charge >= 0.3 is 5.97 Å². The lowest BCUT2D eigenvalue weighted by molar-refractivity contribution is -0.143. The Hall–Kier alpha value is -1.55. The van der Waals surface area contributed by atoms with Crippen LogP contribution in [0.15, 0.2) is 24.3 Å². The van der Waals surface area contributed by atoms with Crippen LogP contribution < -0.4 is 5.32 Å². The smallest absolute Gasteiger partial charge is 0.306 e. The molecule has 0 spiro atoms. The first-order valence-corrected chi connectivity index (χ1v) is 7.20. The van der Waals surface area contributed by atoms with Crippen LogP contribution in [0.2, 0.25) is 5.02 Å². The summed E-state index contributed by atoms with van der Waals surface area (Å²) in [6, 6.07) is 6.83. The minimum Gasteiger partial charge on any atom is -0.481 e. The quantitative estimate of drug-likeness (QED) is 0.897. The third-order valence-corrected chi connectivity index (χ3v) is 4.07. The summed E-state index contributed by atoms with van der Waals surface area (Å²) < 4.78 is 0. The molecule has 108 valence electrons. The van der Waals surface area contributed by atoms with Crippen LogP contribution in [0.25, 0.3) is 0 Å². The maximum Gasteiger partial charge on any atom is 0.306 e. The highest BCUT2D eigenvalue weighted by Gasteiger charge is 2.26. The molecule has 0 saturated heterocycles. The van der Waals surface area contributed by atoms with Crippen molar-refractivity contribution in [3.05, 3.63) is 34.9 Å². The number of carboxylic acid groups (broad SMARTS) is 1. The summed E-state index contributed by atoms with van der Waals surface area (Å²) in [5.74, 6) is -0.678. The molecular weight excluding hydrogens is 278 g/mol. The Morgan fingerprint density at radius 2 is 1.95 bits per heavy atom. The molecule has 2 N–H and O–H groups in total. The lowest BCUT2D eigenvalue weighted by Gasteiger charge is -2.26. The van der Waals surface area contributed by atoms with Crippen LogP contribution in [0.1, 0.15) is 36.0 Å². The number of aliphatic carboxylic acids is 1. The minimum atomic E-state index is -0.702. The van der Waals surface area contributed by atoms with Crippen molar-refractivity contribution in [2.45, 2.75) is 25.7 Å². The largest absolute Gasteiger partial charge is 0.481 e. The molecule has 1 aromatic rings. The Bertz CT molecular complexity index is 496. The lowest BCUT2D eigenvalue weighted by Crippen LogP contribution is -2.32. The topological polar surface area (TPSA) is 66.4 Å². The first-order chi connectivity index (χ1) is 9.56. The molecule has 0 bridgehead atoms. The standard InChI is InChI=1S/C15H18ClNO3/c16-13-3-1-2-12(8-13)14(18)17-9-10-4-6-11(7-5-10)15(19)20/h1-3,8,10-11H,4-7,9H2,(H,17,18)(H,19,20). The molecule has 2 rings (SSSR count). The van der Waals surface area contributed by atoms with Crippen LogP contribution in [0.4, 0.5) is 0 Å². The molecule has 0 radical (unpaired) electrons. The van der Waals surface area contributed by atoms with Crippen molar-refractivity contribution in [2.75, 3.05) is 6.54 Å². The van der Waals surface area contributed by atoms with Gasteiger partial charge in [-0.2, -0.15) is 0 Å². The molecule has 0 unspecified atom stereocenters. The second kappa shape index (κ2) is 6.75. The molecule has 0 heterocycles. The molecule has 1 aliphatic rings. The molecular formula is C15H18ClNO3. The summed E-state index contributed by atoms with van der Waals surface area (Å²) in [7, 11) is 0. The van der Waals surface area contributed by atoms with E-state index < -0.39 is 5.97 Å². The Kier molecular flexibility index (Phi) is 5.01. The van der Waals surface area contributed by atoms with Gasteiger partial charge in [-0.15, -0.1) is 0 Å². The predicted molar refractivity (Wildman–Crippen MR) is 76.9 cm³/mol. The van der Waals surface area contributed by atoms with Gasteiger partial charge in [0.1, 0.15) is 0 Å². The van der Waals surface area contributed by atoms with E-state index in [-0.39, 0.29) is 11.8 Å². The molecule has 0 aromatic heterocycles. The number of halogens is 1. The molecule has 20 heavy (non-hydrogen) atoms. The molecule has 0 atom stereocenters. The van der Waals surface area contributed by atoms with Crippen LogP contribution in [0, 0.1) is 11.8 Å². The van der Waals surface area contributed by atoms with Crippen LogP contribution in [-0.2, 0) is 4.79 Å². The summed E-state index contributed by atoms with van der Waals surface area (Å²) in [6.07, 6.45) is 3.11. The zero-order valence-corrected chi connectivity index (χ0v) is 11.9. The van der Waals surface area contributed by atoms with Gasteiger partial charge < -0.3 is 10.4 Å². The highest BCUT2D eigenvalue weighted by Crippen LogP contribution is 2.28. The number of carbonyl (C=O) groups excluding carboxylic acids is 1. The van der Waals surface area contributed by atoms with E-state index >= 15 is 0 Å². The highest BCUT2D eigenvalue weighted by molar-refractivity contribution is 6.30. The van der Waals surface area contributed by atoms with Crippen LogP contribution in [-0.4, -0.2) is 23.5 Å². The van der Waals surface area contributed by atoms with Gasteiger partial charge in [0.25, 0.3) is 5.91 Å². The van der Waals surface area contributed by atoms with Crippen molar-refractivity contribution in [1.82, 2.24) is 5.32 Å². The maximum absolute atomic E-state index is 11.9. The summed E-state index contributed by atoms with van der Waals surface area (Å²) in [5.41, 5.74) is 0.553. The van der Waals surface area contributed by atoms with Crippen molar-refractivity contribution in [2.24, 2.45) is 11.8 Å². The molecule has 0 aliphatic heterocycles.